The largest absolute Gasteiger partial charge is 0.324 e. The van der Waals surface area contributed by atoms with Crippen molar-refractivity contribution in [2.45, 2.75) is 6.92 Å². The van der Waals surface area contributed by atoms with E-state index in [0.717, 1.165) is 22.4 Å². The van der Waals surface area contributed by atoms with Crippen LogP contribution in [-0.4, -0.2) is 16.3 Å². The molecule has 104 valence electrons. The molecule has 0 unspecified atom stereocenters. The Kier molecular flexibility index (Phi) is 3.75. The lowest BCUT2D eigenvalue weighted by Crippen LogP contribution is -1.96. The number of hydrogen-bond donors (Lipinski definition) is 1. The lowest BCUT2D eigenvalue weighted by Gasteiger charge is -2.05. The average Bonchev–Trinajstić information content (AvgIpc) is 2.97. The van der Waals surface area contributed by atoms with Crippen molar-refractivity contribution in [1.82, 2.24) is 9.97 Å². The van der Waals surface area contributed by atoms with E-state index in [2.05, 4.69) is 15.3 Å². The second-order valence-electron chi connectivity index (χ2n) is 4.61. The van der Waals surface area contributed by atoms with Gasteiger partial charge in [0.25, 0.3) is 0 Å². The fourth-order valence-electron chi connectivity index (χ4n) is 1.94. The molecule has 0 fully saturated rings. The van der Waals surface area contributed by atoms with E-state index in [4.69, 9.17) is 0 Å². The Morgan fingerprint density at radius 1 is 1.14 bits per heavy atom. The van der Waals surface area contributed by atoms with Crippen LogP contribution in [0.25, 0.3) is 10.4 Å². The highest BCUT2D eigenvalue weighted by Gasteiger charge is 2.04. The molecule has 0 aliphatic rings. The minimum atomic E-state index is 0.552. The van der Waals surface area contributed by atoms with E-state index >= 15 is 0 Å². The van der Waals surface area contributed by atoms with Crippen LogP contribution in [0.5, 0.6) is 0 Å². The molecule has 5 heteroatoms. The fourth-order valence-corrected chi connectivity index (χ4v) is 2.74. The van der Waals surface area contributed by atoms with Crippen molar-refractivity contribution >= 4 is 29.3 Å². The van der Waals surface area contributed by atoms with Gasteiger partial charge in [-0.3, -0.25) is 4.79 Å². The van der Waals surface area contributed by atoms with Gasteiger partial charge in [0.2, 0.25) is 5.95 Å². The molecule has 2 aromatic heterocycles. The van der Waals surface area contributed by atoms with Crippen molar-refractivity contribution in [2.24, 2.45) is 0 Å². The van der Waals surface area contributed by atoms with Crippen molar-refractivity contribution in [3.8, 4) is 10.4 Å². The number of nitrogens with zero attached hydrogens (tertiary/aromatic N) is 2. The molecule has 4 nitrogen and oxygen atoms in total. The lowest BCUT2D eigenvalue weighted by atomic mass is 10.2. The van der Waals surface area contributed by atoms with Gasteiger partial charge < -0.3 is 5.32 Å². The molecule has 0 radical (unpaired) electrons. The summed E-state index contributed by atoms with van der Waals surface area (Å²) in [5, 5.41) is 3.16. The summed E-state index contributed by atoms with van der Waals surface area (Å²) in [5.41, 5.74) is 3.04. The van der Waals surface area contributed by atoms with Crippen LogP contribution in [0.1, 0.15) is 15.2 Å². The summed E-state index contributed by atoms with van der Waals surface area (Å²) in [4.78, 5) is 21.0. The highest BCUT2D eigenvalue weighted by Crippen LogP contribution is 2.26. The number of thiophene rings is 1. The predicted octanol–water partition coefficient (Wildman–Crippen LogP) is 4.07. The molecular formula is C16H13N3OS. The monoisotopic (exact) mass is 295 g/mol. The number of rotatable bonds is 4. The molecule has 2 heterocycles. The summed E-state index contributed by atoms with van der Waals surface area (Å²) in [6.07, 6.45) is 4.36. The van der Waals surface area contributed by atoms with Gasteiger partial charge >= 0.3 is 0 Å². The van der Waals surface area contributed by atoms with Gasteiger partial charge in [0.1, 0.15) is 0 Å². The number of aldehydes is 1. The summed E-state index contributed by atoms with van der Waals surface area (Å²) in [7, 11) is 0. The number of aromatic nitrogens is 2. The van der Waals surface area contributed by atoms with E-state index < -0.39 is 0 Å². The first-order valence-corrected chi connectivity index (χ1v) is 7.27. The van der Waals surface area contributed by atoms with Crippen LogP contribution in [0.3, 0.4) is 0 Å². The van der Waals surface area contributed by atoms with E-state index in [-0.39, 0.29) is 0 Å². The molecule has 0 atom stereocenters. The van der Waals surface area contributed by atoms with Crippen LogP contribution in [0, 0.1) is 6.92 Å². The second-order valence-corrected chi connectivity index (χ2v) is 5.73. The maximum Gasteiger partial charge on any atom is 0.227 e. The molecule has 0 aliphatic carbocycles. The highest BCUT2D eigenvalue weighted by atomic mass is 32.1. The van der Waals surface area contributed by atoms with E-state index in [0.29, 0.717) is 10.8 Å². The maximum absolute atomic E-state index is 10.7. The normalized spacial score (nSPS) is 10.3. The summed E-state index contributed by atoms with van der Waals surface area (Å²) < 4.78 is 0. The summed E-state index contributed by atoms with van der Waals surface area (Å²) in [6.45, 7) is 2.04. The third-order valence-electron chi connectivity index (χ3n) is 2.95. The standard InChI is InChI=1S/C16H13N3OS/c1-11-3-2-4-13(7-11)19-16-17-8-12(9-18-16)15-6-5-14(10-20)21-15/h2-10H,1H3,(H,17,18,19). The van der Waals surface area contributed by atoms with Crippen LogP contribution in [0.2, 0.25) is 0 Å². The summed E-state index contributed by atoms with van der Waals surface area (Å²) in [5.74, 6) is 0.552. The van der Waals surface area contributed by atoms with Gasteiger partial charge in [-0.25, -0.2) is 9.97 Å². The number of aryl methyl sites for hydroxylation is 1. The minimum absolute atomic E-state index is 0.552. The summed E-state index contributed by atoms with van der Waals surface area (Å²) in [6, 6.07) is 11.7. The summed E-state index contributed by atoms with van der Waals surface area (Å²) >= 11 is 1.43. The Bertz CT molecular complexity index is 765. The third kappa shape index (κ3) is 3.14. The molecule has 3 rings (SSSR count). The van der Waals surface area contributed by atoms with Crippen LogP contribution in [0.15, 0.2) is 48.8 Å². The number of anilines is 2. The Morgan fingerprint density at radius 2 is 1.95 bits per heavy atom. The molecule has 3 aromatic rings. The smallest absolute Gasteiger partial charge is 0.227 e. The molecule has 0 amide bonds. The van der Waals surface area contributed by atoms with Gasteiger partial charge in [-0.05, 0) is 36.8 Å². The minimum Gasteiger partial charge on any atom is -0.324 e. The maximum atomic E-state index is 10.7. The van der Waals surface area contributed by atoms with Crippen LogP contribution < -0.4 is 5.32 Å². The number of carbonyl (C=O) groups excluding carboxylic acids is 1. The molecule has 0 saturated carbocycles. The Labute approximate surface area is 126 Å². The van der Waals surface area contributed by atoms with E-state index in [1.165, 1.54) is 16.9 Å². The van der Waals surface area contributed by atoms with Gasteiger partial charge in [-0.15, -0.1) is 11.3 Å². The third-order valence-corrected chi connectivity index (χ3v) is 4.01. The van der Waals surface area contributed by atoms with Crippen molar-refractivity contribution in [2.75, 3.05) is 5.32 Å². The number of benzene rings is 1. The predicted molar refractivity (Wildman–Crippen MR) is 85.2 cm³/mol. The van der Waals surface area contributed by atoms with Gasteiger partial charge in [0.15, 0.2) is 6.29 Å². The van der Waals surface area contributed by atoms with Crippen LogP contribution in [0.4, 0.5) is 11.6 Å². The first-order valence-electron chi connectivity index (χ1n) is 6.46. The van der Waals surface area contributed by atoms with Gasteiger partial charge in [-0.1, -0.05) is 12.1 Å². The molecule has 0 saturated heterocycles. The topological polar surface area (TPSA) is 54.9 Å². The zero-order valence-electron chi connectivity index (χ0n) is 11.4. The molecule has 1 aromatic carbocycles. The average molecular weight is 295 g/mol. The van der Waals surface area contributed by atoms with Crippen LogP contribution in [-0.2, 0) is 0 Å². The molecule has 1 N–H and O–H groups in total. The van der Waals surface area contributed by atoms with Crippen molar-refractivity contribution in [3.63, 3.8) is 0 Å². The Morgan fingerprint density at radius 3 is 2.62 bits per heavy atom. The van der Waals surface area contributed by atoms with E-state index in [9.17, 15) is 4.79 Å². The molecule has 0 bridgehead atoms. The van der Waals surface area contributed by atoms with Crippen molar-refractivity contribution in [3.05, 3.63) is 59.2 Å². The zero-order valence-corrected chi connectivity index (χ0v) is 12.2. The fraction of sp³-hybridized carbons (Fsp3) is 0.0625. The quantitative estimate of drug-likeness (QED) is 0.737. The second kappa shape index (κ2) is 5.85. The Balaban J connectivity index is 1.79. The Hall–Kier alpha value is -2.53. The molecular weight excluding hydrogens is 282 g/mol. The zero-order chi connectivity index (χ0) is 14.7. The highest BCUT2D eigenvalue weighted by molar-refractivity contribution is 7.17. The number of carbonyl (C=O) groups is 1. The molecule has 21 heavy (non-hydrogen) atoms. The molecule has 0 aliphatic heterocycles. The van der Waals surface area contributed by atoms with Gasteiger partial charge in [0, 0.05) is 28.5 Å². The van der Waals surface area contributed by atoms with Crippen molar-refractivity contribution < 1.29 is 4.79 Å². The number of nitrogens with one attached hydrogen (secondary N) is 1. The first kappa shape index (κ1) is 13.5. The lowest BCUT2D eigenvalue weighted by molar-refractivity contribution is 0.112. The van der Waals surface area contributed by atoms with Crippen LogP contribution >= 0.6 is 11.3 Å². The van der Waals surface area contributed by atoms with E-state index in [1.807, 2.05) is 37.3 Å². The number of hydrogen-bond acceptors (Lipinski definition) is 5. The first-order chi connectivity index (χ1) is 10.2. The van der Waals surface area contributed by atoms with Gasteiger partial charge in [-0.2, -0.15) is 0 Å². The van der Waals surface area contributed by atoms with E-state index in [1.54, 1.807) is 18.5 Å². The molecule has 0 spiro atoms. The van der Waals surface area contributed by atoms with Gasteiger partial charge in [0.05, 0.1) is 4.88 Å². The SMILES string of the molecule is Cc1cccc(Nc2ncc(-c3ccc(C=O)s3)cn2)c1. The van der Waals surface area contributed by atoms with Crippen molar-refractivity contribution in [1.29, 1.82) is 0 Å².